The molecule has 0 atom stereocenters. The van der Waals surface area contributed by atoms with Crippen LogP contribution in [0.4, 0.5) is 0 Å². The Kier molecular flexibility index (Phi) is 6.39. The second-order valence-corrected chi connectivity index (χ2v) is 7.09. The molecule has 8 heteroatoms. The van der Waals surface area contributed by atoms with Gasteiger partial charge in [0.25, 0.3) is 5.91 Å². The van der Waals surface area contributed by atoms with Crippen LogP contribution in [0.5, 0.6) is 0 Å². The molecule has 7 nitrogen and oxygen atoms in total. The first-order chi connectivity index (χ1) is 13.8. The van der Waals surface area contributed by atoms with Crippen LogP contribution in [0.1, 0.15) is 33.1 Å². The summed E-state index contributed by atoms with van der Waals surface area (Å²) in [6, 6.07) is 13.3. The van der Waals surface area contributed by atoms with Crippen LogP contribution in [0.25, 0.3) is 0 Å². The Bertz CT molecular complexity index is 1010. The number of furan rings is 1. The zero-order valence-electron chi connectivity index (χ0n) is 16.5. The second kappa shape index (κ2) is 8.96. The van der Waals surface area contributed by atoms with E-state index >= 15 is 0 Å². The number of halogens is 1. The summed E-state index contributed by atoms with van der Waals surface area (Å²) in [5.41, 5.74) is 1.62. The molecule has 0 saturated carbocycles. The van der Waals surface area contributed by atoms with Crippen molar-refractivity contribution in [1.82, 2.24) is 14.7 Å². The highest BCUT2D eigenvalue weighted by Crippen LogP contribution is 2.22. The minimum atomic E-state index is -0.678. The monoisotopic (exact) mass is 415 g/mol. The first-order valence-electron chi connectivity index (χ1n) is 9.08. The Morgan fingerprint density at radius 3 is 2.55 bits per heavy atom. The van der Waals surface area contributed by atoms with Crippen molar-refractivity contribution in [2.75, 3.05) is 13.7 Å². The quantitative estimate of drug-likeness (QED) is 0.551. The Morgan fingerprint density at radius 2 is 1.90 bits per heavy atom. The molecule has 0 aliphatic rings. The number of hydrogen-bond acceptors (Lipinski definition) is 5. The van der Waals surface area contributed by atoms with E-state index in [1.54, 1.807) is 20.0 Å². The van der Waals surface area contributed by atoms with Gasteiger partial charge >= 0.3 is 5.97 Å². The van der Waals surface area contributed by atoms with Crippen LogP contribution in [0, 0.1) is 13.8 Å². The van der Waals surface area contributed by atoms with E-state index in [1.807, 2.05) is 43.3 Å². The predicted molar refractivity (Wildman–Crippen MR) is 108 cm³/mol. The van der Waals surface area contributed by atoms with Crippen LogP contribution >= 0.6 is 11.6 Å². The molecule has 0 spiro atoms. The number of aromatic nitrogens is 2. The Morgan fingerprint density at radius 1 is 1.17 bits per heavy atom. The molecule has 0 radical (unpaired) electrons. The number of carbonyl (C=O) groups is 2. The van der Waals surface area contributed by atoms with E-state index in [4.69, 9.17) is 20.8 Å². The summed E-state index contributed by atoms with van der Waals surface area (Å²) in [5.74, 6) is 0.399. The first-order valence-corrected chi connectivity index (χ1v) is 9.46. The average molecular weight is 416 g/mol. The minimum Gasteiger partial charge on any atom is -0.464 e. The fraction of sp³-hybridized carbons (Fsp3) is 0.286. The minimum absolute atomic E-state index is 0.166. The number of benzene rings is 1. The van der Waals surface area contributed by atoms with Gasteiger partial charge < -0.3 is 14.1 Å². The zero-order chi connectivity index (χ0) is 21.0. The van der Waals surface area contributed by atoms with E-state index in [1.165, 1.54) is 9.58 Å². The van der Waals surface area contributed by atoms with E-state index < -0.39 is 12.6 Å². The highest BCUT2D eigenvalue weighted by atomic mass is 35.5. The number of likely N-dealkylation sites (N-methyl/N-ethyl adjacent to an activating group) is 1. The Balaban J connectivity index is 1.61. The fourth-order valence-electron chi connectivity index (χ4n) is 2.85. The third kappa shape index (κ3) is 5.06. The maximum atomic E-state index is 12.5. The van der Waals surface area contributed by atoms with Gasteiger partial charge in [-0.25, -0.2) is 9.48 Å². The van der Waals surface area contributed by atoms with Gasteiger partial charge in [0.05, 0.1) is 18.8 Å². The number of amides is 1. The number of nitrogens with zero attached hydrogens (tertiary/aromatic N) is 3. The fourth-order valence-corrected chi connectivity index (χ4v) is 3.16. The molecule has 1 amide bonds. The Labute approximate surface area is 173 Å². The molecule has 2 heterocycles. The largest absolute Gasteiger partial charge is 0.464 e. The number of carbonyl (C=O) groups excluding carboxylic acids is 2. The molecular weight excluding hydrogens is 394 g/mol. The lowest BCUT2D eigenvalue weighted by molar-refractivity contribution is -0.134. The Hall–Kier alpha value is -3.06. The number of esters is 1. The molecule has 0 bridgehead atoms. The zero-order valence-corrected chi connectivity index (χ0v) is 17.3. The lowest BCUT2D eigenvalue weighted by Gasteiger charge is -2.15. The van der Waals surface area contributed by atoms with Crippen molar-refractivity contribution in [3.63, 3.8) is 0 Å². The summed E-state index contributed by atoms with van der Waals surface area (Å²) in [6.07, 6.45) is 0. The van der Waals surface area contributed by atoms with Crippen molar-refractivity contribution in [2.24, 2.45) is 0 Å². The molecule has 3 aromatic rings. The molecule has 0 saturated heterocycles. The summed E-state index contributed by atoms with van der Waals surface area (Å²) >= 11 is 6.35. The standard InChI is InChI=1S/C21H22ClN3O4/c1-14-9-10-17(29-14)12-24(3)18(26)13-28-21(27)19-15(2)23-25(20(19)22)11-16-7-5-4-6-8-16/h4-10H,11-13H2,1-3H3. The van der Waals surface area contributed by atoms with Crippen LogP contribution in [0.15, 0.2) is 46.9 Å². The van der Waals surface area contributed by atoms with Gasteiger partial charge in [0, 0.05) is 7.05 Å². The summed E-state index contributed by atoms with van der Waals surface area (Å²) < 4.78 is 12.2. The van der Waals surface area contributed by atoms with Crippen molar-refractivity contribution in [1.29, 1.82) is 0 Å². The third-order valence-corrected chi connectivity index (χ3v) is 4.77. The predicted octanol–water partition coefficient (Wildman–Crippen LogP) is 3.61. The van der Waals surface area contributed by atoms with Gasteiger partial charge in [-0.15, -0.1) is 0 Å². The number of aryl methyl sites for hydroxylation is 2. The van der Waals surface area contributed by atoms with Gasteiger partial charge in [-0.3, -0.25) is 4.79 Å². The van der Waals surface area contributed by atoms with Gasteiger partial charge in [-0.1, -0.05) is 41.9 Å². The molecule has 0 aliphatic heterocycles. The summed E-state index contributed by atoms with van der Waals surface area (Å²) in [4.78, 5) is 26.2. The van der Waals surface area contributed by atoms with Crippen molar-refractivity contribution < 1.29 is 18.7 Å². The van der Waals surface area contributed by atoms with Gasteiger partial charge in [-0.05, 0) is 31.5 Å². The molecule has 0 unspecified atom stereocenters. The third-order valence-electron chi connectivity index (χ3n) is 4.39. The summed E-state index contributed by atoms with van der Waals surface area (Å²) in [7, 11) is 1.62. The van der Waals surface area contributed by atoms with Gasteiger partial charge in [-0.2, -0.15) is 5.10 Å². The van der Waals surface area contributed by atoms with Crippen LogP contribution in [-0.2, 0) is 22.6 Å². The average Bonchev–Trinajstić information content (AvgIpc) is 3.22. The van der Waals surface area contributed by atoms with Crippen LogP contribution < -0.4 is 0 Å². The second-order valence-electron chi connectivity index (χ2n) is 6.73. The maximum absolute atomic E-state index is 12.5. The molecule has 152 valence electrons. The van der Waals surface area contributed by atoms with Gasteiger partial charge in [0.15, 0.2) is 6.61 Å². The lowest BCUT2D eigenvalue weighted by atomic mass is 10.2. The van der Waals surface area contributed by atoms with Crippen molar-refractivity contribution in [3.05, 3.63) is 76.0 Å². The number of hydrogen-bond donors (Lipinski definition) is 0. The normalized spacial score (nSPS) is 10.8. The molecule has 3 rings (SSSR count). The van der Waals surface area contributed by atoms with Crippen LogP contribution in [0.2, 0.25) is 5.15 Å². The number of rotatable bonds is 7. The van der Waals surface area contributed by atoms with Gasteiger partial charge in [0.1, 0.15) is 22.2 Å². The highest BCUT2D eigenvalue weighted by Gasteiger charge is 2.23. The van der Waals surface area contributed by atoms with Crippen LogP contribution in [-0.4, -0.2) is 40.2 Å². The van der Waals surface area contributed by atoms with E-state index in [0.717, 1.165) is 11.3 Å². The van der Waals surface area contributed by atoms with E-state index in [-0.39, 0.29) is 16.6 Å². The molecule has 2 aromatic heterocycles. The first kappa shape index (κ1) is 20.7. The van der Waals surface area contributed by atoms with Crippen molar-refractivity contribution in [3.8, 4) is 0 Å². The van der Waals surface area contributed by atoms with E-state index in [0.29, 0.717) is 24.5 Å². The molecule has 29 heavy (non-hydrogen) atoms. The number of ether oxygens (including phenoxy) is 1. The highest BCUT2D eigenvalue weighted by molar-refractivity contribution is 6.32. The summed E-state index contributed by atoms with van der Waals surface area (Å²) in [6.45, 7) is 3.83. The van der Waals surface area contributed by atoms with Gasteiger partial charge in [0.2, 0.25) is 0 Å². The van der Waals surface area contributed by atoms with E-state index in [9.17, 15) is 9.59 Å². The maximum Gasteiger partial charge on any atom is 0.343 e. The molecular formula is C21H22ClN3O4. The summed E-state index contributed by atoms with van der Waals surface area (Å²) in [5, 5.41) is 4.51. The van der Waals surface area contributed by atoms with E-state index in [2.05, 4.69) is 5.10 Å². The van der Waals surface area contributed by atoms with Crippen LogP contribution in [0.3, 0.4) is 0 Å². The topological polar surface area (TPSA) is 77.6 Å². The lowest BCUT2D eigenvalue weighted by Crippen LogP contribution is -2.30. The van der Waals surface area contributed by atoms with Crippen molar-refractivity contribution in [2.45, 2.75) is 26.9 Å². The molecule has 0 N–H and O–H groups in total. The molecule has 1 aromatic carbocycles. The SMILES string of the molecule is Cc1ccc(CN(C)C(=O)COC(=O)c2c(C)nn(Cc3ccccc3)c2Cl)o1. The smallest absolute Gasteiger partial charge is 0.343 e. The van der Waals surface area contributed by atoms with Crippen molar-refractivity contribution >= 4 is 23.5 Å². The molecule has 0 aliphatic carbocycles. The molecule has 0 fully saturated rings.